The van der Waals surface area contributed by atoms with Crippen LogP contribution in [0.4, 0.5) is 0 Å². The Bertz CT molecular complexity index is 1000. The van der Waals surface area contributed by atoms with Gasteiger partial charge in [0, 0.05) is 4.47 Å². The van der Waals surface area contributed by atoms with E-state index in [0.29, 0.717) is 11.3 Å². The van der Waals surface area contributed by atoms with Crippen molar-refractivity contribution in [3.8, 4) is 5.75 Å². The molecule has 0 amide bonds. The first kappa shape index (κ1) is 20.6. The Morgan fingerprint density at radius 3 is 1.96 bits per heavy atom. The van der Waals surface area contributed by atoms with Crippen LogP contribution >= 0.6 is 15.9 Å². The highest BCUT2D eigenvalue weighted by Crippen LogP contribution is 2.34. The first-order valence-electron chi connectivity index (χ1n) is 9.52. The highest BCUT2D eigenvalue weighted by Gasteiger charge is 2.22. The summed E-state index contributed by atoms with van der Waals surface area (Å²) in [5.74, 6) is 0.228. The Labute approximate surface area is 176 Å². The lowest BCUT2D eigenvalue weighted by atomic mass is 9.80. The van der Waals surface area contributed by atoms with E-state index in [1.807, 2.05) is 48.5 Å². The van der Waals surface area contributed by atoms with Gasteiger partial charge in [-0.2, -0.15) is 0 Å². The zero-order valence-corrected chi connectivity index (χ0v) is 19.0. The van der Waals surface area contributed by atoms with Gasteiger partial charge < -0.3 is 4.74 Å². The minimum Gasteiger partial charge on any atom is -0.423 e. The van der Waals surface area contributed by atoms with Gasteiger partial charge in [-0.15, -0.1) is 0 Å². The molecule has 0 aliphatic carbocycles. The van der Waals surface area contributed by atoms with Crippen LogP contribution in [-0.4, -0.2) is 5.97 Å². The van der Waals surface area contributed by atoms with Gasteiger partial charge in [0.1, 0.15) is 5.75 Å². The molecule has 0 aromatic heterocycles. The van der Waals surface area contributed by atoms with Gasteiger partial charge in [0.25, 0.3) is 0 Å². The Hall–Kier alpha value is -2.13. The summed E-state index contributed by atoms with van der Waals surface area (Å²) in [5.41, 5.74) is 2.76. The molecule has 0 aliphatic rings. The lowest BCUT2D eigenvalue weighted by Crippen LogP contribution is -2.17. The highest BCUT2D eigenvalue weighted by molar-refractivity contribution is 9.10. The summed E-state index contributed by atoms with van der Waals surface area (Å²) in [4.78, 5) is 12.9. The molecular formula is C25H27BrO2. The van der Waals surface area contributed by atoms with Crippen molar-refractivity contribution in [2.45, 2.75) is 52.4 Å². The van der Waals surface area contributed by atoms with Crippen LogP contribution < -0.4 is 4.74 Å². The maximum Gasteiger partial charge on any atom is 0.344 e. The summed E-state index contributed by atoms with van der Waals surface area (Å²) in [5, 5.41) is 2.08. The molecule has 0 saturated carbocycles. The van der Waals surface area contributed by atoms with Crippen molar-refractivity contribution < 1.29 is 9.53 Å². The van der Waals surface area contributed by atoms with Crippen molar-refractivity contribution >= 4 is 32.7 Å². The minimum absolute atomic E-state index is 0.0358. The van der Waals surface area contributed by atoms with Crippen LogP contribution in [0.2, 0.25) is 0 Å². The second kappa shape index (κ2) is 7.36. The van der Waals surface area contributed by atoms with Gasteiger partial charge in [0.2, 0.25) is 0 Å². The lowest BCUT2D eigenvalue weighted by Gasteiger charge is -2.26. The number of hydrogen-bond acceptors (Lipinski definition) is 2. The number of hydrogen-bond donors (Lipinski definition) is 0. The molecule has 0 saturated heterocycles. The number of rotatable bonds is 2. The molecule has 3 heteroatoms. The third kappa shape index (κ3) is 4.30. The monoisotopic (exact) mass is 438 g/mol. The van der Waals surface area contributed by atoms with Gasteiger partial charge >= 0.3 is 5.97 Å². The van der Waals surface area contributed by atoms with Crippen molar-refractivity contribution in [3.63, 3.8) is 0 Å². The van der Waals surface area contributed by atoms with Crippen LogP contribution in [0.5, 0.6) is 5.75 Å². The van der Waals surface area contributed by atoms with Crippen molar-refractivity contribution in [1.29, 1.82) is 0 Å². The fourth-order valence-electron chi connectivity index (χ4n) is 3.08. The van der Waals surface area contributed by atoms with Gasteiger partial charge in [-0.3, -0.25) is 0 Å². The van der Waals surface area contributed by atoms with Crippen LogP contribution in [0.1, 0.15) is 63.0 Å². The summed E-state index contributed by atoms with van der Waals surface area (Å²) in [6, 6.07) is 17.9. The number of ether oxygens (including phenoxy) is 1. The molecule has 0 bridgehead atoms. The lowest BCUT2D eigenvalue weighted by molar-refractivity contribution is 0.0733. The Balaban J connectivity index is 2.01. The molecule has 146 valence electrons. The van der Waals surface area contributed by atoms with E-state index in [0.717, 1.165) is 26.4 Å². The van der Waals surface area contributed by atoms with Gasteiger partial charge in [0.15, 0.2) is 0 Å². The molecule has 2 nitrogen and oxygen atoms in total. The van der Waals surface area contributed by atoms with E-state index in [2.05, 4.69) is 63.5 Å². The Kier molecular flexibility index (Phi) is 5.42. The fourth-order valence-corrected chi connectivity index (χ4v) is 3.73. The van der Waals surface area contributed by atoms with Crippen molar-refractivity contribution in [1.82, 2.24) is 0 Å². The predicted octanol–water partition coefficient (Wildman–Crippen LogP) is 7.42. The standard InChI is InChI=1S/C25H27BrO2/c1-24(2,3)17-13-18(25(4,5)6)15-19(14-17)28-23(27)21-12-11-16-9-7-8-10-20(16)22(21)26/h7-15H,1-6H3. The number of carbonyl (C=O) groups excluding carboxylic acids is 1. The summed E-state index contributed by atoms with van der Waals surface area (Å²) in [6.45, 7) is 13.0. The van der Waals surface area contributed by atoms with Crippen LogP contribution in [0.15, 0.2) is 59.1 Å². The molecule has 3 rings (SSSR count). The summed E-state index contributed by atoms with van der Waals surface area (Å²) < 4.78 is 6.60. The summed E-state index contributed by atoms with van der Waals surface area (Å²) >= 11 is 3.59. The average molecular weight is 439 g/mol. The van der Waals surface area contributed by atoms with Gasteiger partial charge in [-0.1, -0.05) is 77.9 Å². The molecule has 3 aromatic rings. The van der Waals surface area contributed by atoms with E-state index >= 15 is 0 Å². The smallest absolute Gasteiger partial charge is 0.344 e. The fraction of sp³-hybridized carbons (Fsp3) is 0.320. The number of halogens is 1. The Morgan fingerprint density at radius 1 is 0.821 bits per heavy atom. The van der Waals surface area contributed by atoms with Gasteiger partial charge in [0.05, 0.1) is 5.56 Å². The Morgan fingerprint density at radius 2 is 1.39 bits per heavy atom. The SMILES string of the molecule is CC(C)(C)c1cc(OC(=O)c2ccc3ccccc3c2Br)cc(C(C)(C)C)c1. The molecule has 0 atom stereocenters. The molecule has 0 fully saturated rings. The van der Waals surface area contributed by atoms with Crippen LogP contribution in [0.25, 0.3) is 10.8 Å². The second-order valence-corrected chi connectivity index (χ2v) is 10.1. The third-order valence-electron chi connectivity index (χ3n) is 4.93. The van der Waals surface area contributed by atoms with Crippen molar-refractivity contribution in [2.75, 3.05) is 0 Å². The average Bonchev–Trinajstić information content (AvgIpc) is 2.60. The van der Waals surface area contributed by atoms with Gasteiger partial charge in [-0.25, -0.2) is 4.79 Å². The maximum absolute atomic E-state index is 12.9. The second-order valence-electron chi connectivity index (χ2n) is 9.28. The van der Waals surface area contributed by atoms with E-state index in [1.54, 1.807) is 0 Å². The highest BCUT2D eigenvalue weighted by atomic mass is 79.9. The number of carbonyl (C=O) groups is 1. The molecule has 3 aromatic carbocycles. The van der Waals surface area contributed by atoms with E-state index in [9.17, 15) is 4.79 Å². The minimum atomic E-state index is -0.358. The molecule has 0 heterocycles. The summed E-state index contributed by atoms with van der Waals surface area (Å²) in [7, 11) is 0. The predicted molar refractivity (Wildman–Crippen MR) is 120 cm³/mol. The first-order valence-corrected chi connectivity index (χ1v) is 10.3. The third-order valence-corrected chi connectivity index (χ3v) is 5.79. The van der Waals surface area contributed by atoms with E-state index in [1.165, 1.54) is 0 Å². The van der Waals surface area contributed by atoms with Gasteiger partial charge in [-0.05, 0) is 66.9 Å². The van der Waals surface area contributed by atoms with Crippen LogP contribution in [-0.2, 0) is 10.8 Å². The molecule has 28 heavy (non-hydrogen) atoms. The summed E-state index contributed by atoms with van der Waals surface area (Å²) in [6.07, 6.45) is 0. The van der Waals surface area contributed by atoms with E-state index in [-0.39, 0.29) is 16.8 Å². The molecular weight excluding hydrogens is 412 g/mol. The maximum atomic E-state index is 12.9. The van der Waals surface area contributed by atoms with E-state index < -0.39 is 0 Å². The van der Waals surface area contributed by atoms with Crippen molar-refractivity contribution in [2.24, 2.45) is 0 Å². The largest absolute Gasteiger partial charge is 0.423 e. The zero-order chi connectivity index (χ0) is 20.7. The first-order chi connectivity index (χ1) is 13.0. The number of fused-ring (bicyclic) bond motifs is 1. The molecule has 0 spiro atoms. The normalized spacial score (nSPS) is 12.2. The van der Waals surface area contributed by atoms with Crippen molar-refractivity contribution in [3.05, 3.63) is 75.8 Å². The number of benzene rings is 3. The quantitative estimate of drug-likeness (QED) is 0.307. The topological polar surface area (TPSA) is 26.3 Å². The number of esters is 1. The van der Waals surface area contributed by atoms with Crippen LogP contribution in [0, 0.1) is 0 Å². The molecule has 0 N–H and O–H groups in total. The van der Waals surface area contributed by atoms with Crippen LogP contribution in [0.3, 0.4) is 0 Å². The molecule has 0 unspecified atom stereocenters. The van der Waals surface area contributed by atoms with E-state index in [4.69, 9.17) is 4.74 Å². The zero-order valence-electron chi connectivity index (χ0n) is 17.4. The molecule has 0 radical (unpaired) electrons. The molecule has 0 aliphatic heterocycles.